The van der Waals surface area contributed by atoms with Gasteiger partial charge < -0.3 is 19.3 Å². The van der Waals surface area contributed by atoms with E-state index >= 15 is 0 Å². The lowest BCUT2D eigenvalue weighted by molar-refractivity contribution is 0.0365. The van der Waals surface area contributed by atoms with Crippen LogP contribution in [0.2, 0.25) is 0 Å². The second kappa shape index (κ2) is 9.35. The molecule has 1 rings (SSSR count). The minimum Gasteiger partial charge on any atom is -0.491 e. The maximum atomic E-state index is 10.8. The maximum absolute atomic E-state index is 10.8. The Labute approximate surface area is 113 Å². The molecule has 19 heavy (non-hydrogen) atoms. The molecule has 0 amide bonds. The fourth-order valence-electron chi connectivity index (χ4n) is 1.40. The first-order valence-corrected chi connectivity index (χ1v) is 6.35. The minimum absolute atomic E-state index is 0.214. The lowest BCUT2D eigenvalue weighted by Crippen LogP contribution is -2.11. The molecule has 0 aliphatic carbocycles. The molecule has 0 heterocycles. The maximum Gasteiger partial charge on any atom is 0.335 e. The Morgan fingerprint density at radius 3 is 2.47 bits per heavy atom. The number of hydrogen-bond acceptors (Lipinski definition) is 4. The Balaban J connectivity index is 2.12. The van der Waals surface area contributed by atoms with Crippen molar-refractivity contribution >= 4 is 5.97 Å². The summed E-state index contributed by atoms with van der Waals surface area (Å²) in [5.41, 5.74) is 0.214. The van der Waals surface area contributed by atoms with Crippen LogP contribution in [0.1, 0.15) is 23.7 Å². The fraction of sp³-hybridized carbons (Fsp3) is 0.500. The van der Waals surface area contributed by atoms with Crippen LogP contribution in [0.5, 0.6) is 5.75 Å². The quantitative estimate of drug-likeness (QED) is 0.659. The van der Waals surface area contributed by atoms with Crippen molar-refractivity contribution in [3.05, 3.63) is 29.8 Å². The molecule has 0 fully saturated rings. The van der Waals surface area contributed by atoms with E-state index in [1.165, 1.54) is 12.1 Å². The van der Waals surface area contributed by atoms with E-state index in [9.17, 15) is 4.79 Å². The van der Waals surface area contributed by atoms with E-state index in [0.29, 0.717) is 32.2 Å². The predicted octanol–water partition coefficient (Wildman–Crippen LogP) is 2.21. The van der Waals surface area contributed by atoms with Gasteiger partial charge in [-0.1, -0.05) is 13.0 Å². The summed E-state index contributed by atoms with van der Waals surface area (Å²) in [6, 6.07) is 6.39. The summed E-state index contributed by atoms with van der Waals surface area (Å²) in [5, 5.41) is 8.83. The Morgan fingerprint density at radius 2 is 1.79 bits per heavy atom. The van der Waals surface area contributed by atoms with Crippen LogP contribution < -0.4 is 4.74 Å². The average Bonchev–Trinajstić information content (AvgIpc) is 2.42. The van der Waals surface area contributed by atoms with E-state index in [1.807, 2.05) is 0 Å². The third-order valence-electron chi connectivity index (χ3n) is 2.30. The van der Waals surface area contributed by atoms with Crippen molar-refractivity contribution in [1.82, 2.24) is 0 Å². The van der Waals surface area contributed by atoms with E-state index < -0.39 is 5.97 Å². The van der Waals surface area contributed by atoms with E-state index in [0.717, 1.165) is 13.0 Å². The van der Waals surface area contributed by atoms with Crippen molar-refractivity contribution in [2.45, 2.75) is 13.3 Å². The summed E-state index contributed by atoms with van der Waals surface area (Å²) in [5.74, 6) is -0.430. The topological polar surface area (TPSA) is 65.0 Å². The van der Waals surface area contributed by atoms with E-state index in [-0.39, 0.29) is 5.56 Å². The van der Waals surface area contributed by atoms with Crippen molar-refractivity contribution in [3.8, 4) is 5.75 Å². The highest BCUT2D eigenvalue weighted by atomic mass is 16.5. The Hall–Kier alpha value is -1.59. The summed E-state index contributed by atoms with van der Waals surface area (Å²) in [7, 11) is 0. The first kappa shape index (κ1) is 15.5. The molecule has 5 nitrogen and oxygen atoms in total. The van der Waals surface area contributed by atoms with E-state index in [4.69, 9.17) is 19.3 Å². The van der Waals surface area contributed by atoms with Crippen LogP contribution in [0.25, 0.3) is 0 Å². The summed E-state index contributed by atoms with van der Waals surface area (Å²) < 4.78 is 16.0. The van der Waals surface area contributed by atoms with Crippen LogP contribution in [-0.2, 0) is 9.47 Å². The summed E-state index contributed by atoms with van der Waals surface area (Å²) in [4.78, 5) is 10.8. The van der Waals surface area contributed by atoms with Crippen molar-refractivity contribution in [2.75, 3.05) is 33.0 Å². The monoisotopic (exact) mass is 268 g/mol. The number of carboxylic acid groups (broad SMARTS) is 1. The Morgan fingerprint density at radius 1 is 1.11 bits per heavy atom. The number of aromatic carboxylic acids is 1. The number of benzene rings is 1. The van der Waals surface area contributed by atoms with Gasteiger partial charge >= 0.3 is 5.97 Å². The molecule has 0 aromatic heterocycles. The standard InChI is InChI=1S/C14H20O5/c1-2-6-17-7-8-18-9-10-19-13-5-3-4-12(11-13)14(15)16/h3-5,11H,2,6-10H2,1H3,(H,15,16). The van der Waals surface area contributed by atoms with Crippen molar-refractivity contribution in [3.63, 3.8) is 0 Å². The summed E-state index contributed by atoms with van der Waals surface area (Å²) in [6.07, 6.45) is 1.00. The van der Waals surface area contributed by atoms with Gasteiger partial charge in [0, 0.05) is 6.61 Å². The van der Waals surface area contributed by atoms with Crippen LogP contribution in [0.15, 0.2) is 24.3 Å². The smallest absolute Gasteiger partial charge is 0.335 e. The van der Waals surface area contributed by atoms with Gasteiger partial charge in [-0.3, -0.25) is 0 Å². The predicted molar refractivity (Wildman–Crippen MR) is 70.8 cm³/mol. The zero-order valence-corrected chi connectivity index (χ0v) is 11.1. The molecule has 0 radical (unpaired) electrons. The van der Waals surface area contributed by atoms with Crippen LogP contribution in [0, 0.1) is 0 Å². The molecule has 0 aliphatic heterocycles. The number of carbonyl (C=O) groups is 1. The first-order valence-electron chi connectivity index (χ1n) is 6.35. The molecule has 0 aliphatic rings. The lowest BCUT2D eigenvalue weighted by atomic mass is 10.2. The average molecular weight is 268 g/mol. The van der Waals surface area contributed by atoms with Gasteiger partial charge in [0.1, 0.15) is 12.4 Å². The Bertz CT molecular complexity index is 378. The van der Waals surface area contributed by atoms with Gasteiger partial charge in [-0.2, -0.15) is 0 Å². The Kier molecular flexibility index (Phi) is 7.62. The molecular formula is C14H20O5. The van der Waals surface area contributed by atoms with Gasteiger partial charge in [-0.15, -0.1) is 0 Å². The highest BCUT2D eigenvalue weighted by Gasteiger charge is 2.03. The molecule has 0 spiro atoms. The molecule has 0 bridgehead atoms. The van der Waals surface area contributed by atoms with E-state index in [1.54, 1.807) is 12.1 Å². The molecule has 1 N–H and O–H groups in total. The first-order chi connectivity index (χ1) is 9.24. The SMILES string of the molecule is CCCOCCOCCOc1cccc(C(=O)O)c1. The number of ether oxygens (including phenoxy) is 3. The third-order valence-corrected chi connectivity index (χ3v) is 2.30. The van der Waals surface area contributed by atoms with Gasteiger partial charge in [-0.05, 0) is 24.6 Å². The van der Waals surface area contributed by atoms with Gasteiger partial charge in [-0.25, -0.2) is 4.79 Å². The van der Waals surface area contributed by atoms with Gasteiger partial charge in [0.05, 0.1) is 25.4 Å². The molecule has 0 saturated heterocycles. The van der Waals surface area contributed by atoms with Gasteiger partial charge in [0.2, 0.25) is 0 Å². The van der Waals surface area contributed by atoms with Crippen molar-refractivity contribution < 1.29 is 24.1 Å². The molecule has 1 aromatic rings. The summed E-state index contributed by atoms with van der Waals surface area (Å²) in [6.45, 7) is 4.77. The van der Waals surface area contributed by atoms with Gasteiger partial charge in [0.15, 0.2) is 0 Å². The minimum atomic E-state index is -0.963. The van der Waals surface area contributed by atoms with Crippen molar-refractivity contribution in [2.24, 2.45) is 0 Å². The molecular weight excluding hydrogens is 248 g/mol. The normalized spacial score (nSPS) is 10.4. The van der Waals surface area contributed by atoms with Crippen LogP contribution >= 0.6 is 0 Å². The fourth-order valence-corrected chi connectivity index (χ4v) is 1.40. The van der Waals surface area contributed by atoms with Crippen LogP contribution in [-0.4, -0.2) is 44.1 Å². The van der Waals surface area contributed by atoms with Crippen LogP contribution in [0.3, 0.4) is 0 Å². The van der Waals surface area contributed by atoms with Crippen LogP contribution in [0.4, 0.5) is 0 Å². The molecule has 0 saturated carbocycles. The largest absolute Gasteiger partial charge is 0.491 e. The molecule has 106 valence electrons. The van der Waals surface area contributed by atoms with Crippen molar-refractivity contribution in [1.29, 1.82) is 0 Å². The molecule has 0 unspecified atom stereocenters. The number of rotatable bonds is 10. The molecule has 5 heteroatoms. The molecule has 0 atom stereocenters. The second-order valence-electron chi connectivity index (χ2n) is 3.91. The number of hydrogen-bond donors (Lipinski definition) is 1. The third kappa shape index (κ3) is 6.79. The zero-order chi connectivity index (χ0) is 13.9. The van der Waals surface area contributed by atoms with E-state index in [2.05, 4.69) is 6.92 Å². The number of carboxylic acids is 1. The zero-order valence-electron chi connectivity index (χ0n) is 11.1. The molecule has 1 aromatic carbocycles. The van der Waals surface area contributed by atoms with Gasteiger partial charge in [0.25, 0.3) is 0 Å². The highest BCUT2D eigenvalue weighted by Crippen LogP contribution is 2.12. The second-order valence-corrected chi connectivity index (χ2v) is 3.91. The highest BCUT2D eigenvalue weighted by molar-refractivity contribution is 5.87. The lowest BCUT2D eigenvalue weighted by Gasteiger charge is -2.08. The summed E-state index contributed by atoms with van der Waals surface area (Å²) >= 11 is 0.